The maximum atomic E-state index is 8.64. The van der Waals surface area contributed by atoms with Crippen LogP contribution in [-0.2, 0) is 0 Å². The van der Waals surface area contributed by atoms with Crippen molar-refractivity contribution < 1.29 is 0 Å². The molecule has 2 unspecified atom stereocenters. The van der Waals surface area contributed by atoms with Gasteiger partial charge in [-0.3, -0.25) is 0 Å². The zero-order valence-corrected chi connectivity index (χ0v) is 10.2. The van der Waals surface area contributed by atoms with Crippen LogP contribution in [0.25, 0.3) is 0 Å². The summed E-state index contributed by atoms with van der Waals surface area (Å²) < 4.78 is 0. The first-order valence-corrected chi connectivity index (χ1v) is 6.26. The van der Waals surface area contributed by atoms with Crippen molar-refractivity contribution in [3.63, 3.8) is 0 Å². The fourth-order valence-electron chi connectivity index (χ4n) is 2.30. The van der Waals surface area contributed by atoms with Crippen LogP contribution < -0.4 is 5.32 Å². The summed E-state index contributed by atoms with van der Waals surface area (Å²) in [5, 5.41) is 12.1. The molecule has 0 bridgehead atoms. The van der Waals surface area contributed by atoms with Gasteiger partial charge in [-0.25, -0.2) is 9.97 Å². The standard InChI is InChI=1S/C13H18N4/c1-10-3-2-4-11(6-5-10)17-13-9-15-12(7-14)8-16-13/h8-11H,2-6H2,1H3,(H,16,17). The van der Waals surface area contributed by atoms with Crippen LogP contribution in [0.3, 0.4) is 0 Å². The maximum absolute atomic E-state index is 8.64. The molecule has 1 N–H and O–H groups in total. The maximum Gasteiger partial charge on any atom is 0.158 e. The van der Waals surface area contributed by atoms with E-state index in [1.807, 2.05) is 6.07 Å². The van der Waals surface area contributed by atoms with E-state index in [0.29, 0.717) is 11.7 Å². The van der Waals surface area contributed by atoms with E-state index in [-0.39, 0.29) is 0 Å². The third kappa shape index (κ3) is 3.42. The van der Waals surface area contributed by atoms with Crippen molar-refractivity contribution in [1.82, 2.24) is 9.97 Å². The summed E-state index contributed by atoms with van der Waals surface area (Å²) in [5.74, 6) is 1.62. The molecular weight excluding hydrogens is 212 g/mol. The Kier molecular flexibility index (Phi) is 3.92. The Balaban J connectivity index is 1.93. The molecule has 17 heavy (non-hydrogen) atoms. The van der Waals surface area contributed by atoms with E-state index in [4.69, 9.17) is 5.26 Å². The second kappa shape index (κ2) is 5.62. The fraction of sp³-hybridized carbons (Fsp3) is 0.615. The third-order valence-electron chi connectivity index (χ3n) is 3.38. The van der Waals surface area contributed by atoms with E-state index < -0.39 is 0 Å². The molecule has 0 amide bonds. The minimum atomic E-state index is 0.366. The Morgan fingerprint density at radius 1 is 1.24 bits per heavy atom. The highest BCUT2D eigenvalue weighted by Gasteiger charge is 2.16. The number of anilines is 1. The second-order valence-electron chi connectivity index (χ2n) is 4.85. The van der Waals surface area contributed by atoms with Crippen molar-refractivity contribution in [2.45, 2.75) is 45.1 Å². The number of hydrogen-bond donors (Lipinski definition) is 1. The SMILES string of the molecule is CC1CCCC(Nc2cnc(C#N)cn2)CC1. The van der Waals surface area contributed by atoms with Gasteiger partial charge in [0.2, 0.25) is 0 Å². The van der Waals surface area contributed by atoms with Crippen LogP contribution >= 0.6 is 0 Å². The minimum absolute atomic E-state index is 0.366. The van der Waals surface area contributed by atoms with Gasteiger partial charge in [0, 0.05) is 6.04 Å². The first-order valence-electron chi connectivity index (χ1n) is 6.26. The number of nitrogens with one attached hydrogen (secondary N) is 1. The van der Waals surface area contributed by atoms with Gasteiger partial charge in [0.15, 0.2) is 5.69 Å². The van der Waals surface area contributed by atoms with Crippen molar-refractivity contribution in [3.8, 4) is 6.07 Å². The largest absolute Gasteiger partial charge is 0.366 e. The Hall–Kier alpha value is -1.63. The lowest BCUT2D eigenvalue weighted by Gasteiger charge is -2.16. The van der Waals surface area contributed by atoms with Gasteiger partial charge >= 0.3 is 0 Å². The summed E-state index contributed by atoms with van der Waals surface area (Å²) in [6, 6.07) is 2.47. The molecule has 0 aliphatic heterocycles. The Morgan fingerprint density at radius 3 is 2.82 bits per heavy atom. The van der Waals surface area contributed by atoms with E-state index >= 15 is 0 Å². The predicted octanol–water partition coefficient (Wildman–Crippen LogP) is 2.73. The molecule has 2 rings (SSSR count). The Labute approximate surface area is 102 Å². The van der Waals surface area contributed by atoms with Crippen LogP contribution in [-0.4, -0.2) is 16.0 Å². The van der Waals surface area contributed by atoms with Gasteiger partial charge in [0.1, 0.15) is 11.9 Å². The molecule has 0 aromatic carbocycles. The van der Waals surface area contributed by atoms with E-state index in [2.05, 4.69) is 22.2 Å². The van der Waals surface area contributed by atoms with E-state index in [1.165, 1.54) is 38.3 Å². The third-order valence-corrected chi connectivity index (χ3v) is 3.38. The first kappa shape index (κ1) is 11.8. The van der Waals surface area contributed by atoms with Crippen molar-refractivity contribution in [1.29, 1.82) is 5.26 Å². The molecule has 1 aliphatic carbocycles. The minimum Gasteiger partial charge on any atom is -0.366 e. The van der Waals surface area contributed by atoms with Gasteiger partial charge in [0.25, 0.3) is 0 Å². The molecule has 1 aliphatic rings. The predicted molar refractivity (Wildman–Crippen MR) is 66.4 cm³/mol. The summed E-state index contributed by atoms with van der Waals surface area (Å²) in [6.45, 7) is 2.32. The monoisotopic (exact) mass is 230 g/mol. The summed E-state index contributed by atoms with van der Waals surface area (Å²) in [6.07, 6.45) is 9.45. The molecule has 90 valence electrons. The Bertz CT molecular complexity index is 393. The lowest BCUT2D eigenvalue weighted by Crippen LogP contribution is -2.19. The van der Waals surface area contributed by atoms with Gasteiger partial charge in [-0.1, -0.05) is 19.8 Å². The summed E-state index contributed by atoms with van der Waals surface area (Å²) in [4.78, 5) is 8.21. The van der Waals surface area contributed by atoms with Crippen LogP contribution in [0.5, 0.6) is 0 Å². The molecule has 4 heteroatoms. The fourth-order valence-corrected chi connectivity index (χ4v) is 2.30. The van der Waals surface area contributed by atoms with Gasteiger partial charge in [-0.05, 0) is 25.2 Å². The zero-order valence-electron chi connectivity index (χ0n) is 10.2. The highest BCUT2D eigenvalue weighted by molar-refractivity contribution is 5.34. The highest BCUT2D eigenvalue weighted by atomic mass is 15.0. The molecule has 1 aromatic rings. The molecule has 1 fully saturated rings. The van der Waals surface area contributed by atoms with Gasteiger partial charge < -0.3 is 5.32 Å². The summed E-state index contributed by atoms with van der Waals surface area (Å²) in [5.41, 5.74) is 0.366. The zero-order chi connectivity index (χ0) is 12.1. The lowest BCUT2D eigenvalue weighted by molar-refractivity contribution is 0.502. The Morgan fingerprint density at radius 2 is 2.12 bits per heavy atom. The number of nitrogens with zero attached hydrogens (tertiary/aromatic N) is 3. The molecule has 4 nitrogen and oxygen atoms in total. The molecule has 1 heterocycles. The van der Waals surface area contributed by atoms with Gasteiger partial charge in [0.05, 0.1) is 12.4 Å². The van der Waals surface area contributed by atoms with Gasteiger partial charge in [-0.15, -0.1) is 0 Å². The molecule has 2 atom stereocenters. The molecule has 1 aromatic heterocycles. The number of aromatic nitrogens is 2. The smallest absolute Gasteiger partial charge is 0.158 e. The molecule has 1 saturated carbocycles. The number of nitriles is 1. The van der Waals surface area contributed by atoms with E-state index in [9.17, 15) is 0 Å². The quantitative estimate of drug-likeness (QED) is 0.793. The molecule has 0 saturated heterocycles. The van der Waals surface area contributed by atoms with E-state index in [0.717, 1.165) is 11.7 Å². The summed E-state index contributed by atoms with van der Waals surface area (Å²) >= 11 is 0. The van der Waals surface area contributed by atoms with Crippen LogP contribution in [0.4, 0.5) is 5.82 Å². The average Bonchev–Trinajstić information content (AvgIpc) is 2.56. The first-order chi connectivity index (χ1) is 8.28. The van der Waals surface area contributed by atoms with Crippen molar-refractivity contribution in [2.75, 3.05) is 5.32 Å². The van der Waals surface area contributed by atoms with Crippen LogP contribution in [0, 0.1) is 17.2 Å². The normalized spacial score (nSPS) is 24.7. The molecular formula is C13H18N4. The second-order valence-corrected chi connectivity index (χ2v) is 4.85. The van der Waals surface area contributed by atoms with Crippen LogP contribution in [0.1, 0.15) is 44.7 Å². The number of rotatable bonds is 2. The van der Waals surface area contributed by atoms with E-state index in [1.54, 1.807) is 6.20 Å². The highest BCUT2D eigenvalue weighted by Crippen LogP contribution is 2.24. The number of hydrogen-bond acceptors (Lipinski definition) is 4. The van der Waals surface area contributed by atoms with Crippen molar-refractivity contribution in [3.05, 3.63) is 18.1 Å². The lowest BCUT2D eigenvalue weighted by atomic mass is 10.0. The van der Waals surface area contributed by atoms with Gasteiger partial charge in [-0.2, -0.15) is 5.26 Å². The van der Waals surface area contributed by atoms with Crippen molar-refractivity contribution >= 4 is 5.82 Å². The van der Waals surface area contributed by atoms with Crippen LogP contribution in [0.15, 0.2) is 12.4 Å². The topological polar surface area (TPSA) is 61.6 Å². The molecule has 0 radical (unpaired) electrons. The van der Waals surface area contributed by atoms with Crippen molar-refractivity contribution in [2.24, 2.45) is 5.92 Å². The molecule has 0 spiro atoms. The van der Waals surface area contributed by atoms with Crippen LogP contribution in [0.2, 0.25) is 0 Å². The average molecular weight is 230 g/mol. The summed E-state index contributed by atoms with van der Waals surface area (Å²) in [7, 11) is 0.